The molecule has 1 spiro atoms. The number of likely N-dealkylation sites (tertiary alicyclic amines) is 1. The van der Waals surface area contributed by atoms with Crippen LogP contribution in [-0.2, 0) is 31.6 Å². The minimum Gasteiger partial charge on any atom is -0.341 e. The van der Waals surface area contributed by atoms with Crippen LogP contribution in [0.5, 0.6) is 0 Å². The van der Waals surface area contributed by atoms with E-state index in [1.54, 1.807) is 23.1 Å². The number of carbonyl (C=O) groups is 3. The molecule has 2 heterocycles. The van der Waals surface area contributed by atoms with E-state index in [-0.39, 0.29) is 29.3 Å². The van der Waals surface area contributed by atoms with E-state index in [9.17, 15) is 22.8 Å². The molecule has 35 heavy (non-hydrogen) atoms. The van der Waals surface area contributed by atoms with E-state index in [1.165, 1.54) is 12.1 Å². The fraction of sp³-hybridized carbons (Fsp3) is 0.400. The van der Waals surface area contributed by atoms with Gasteiger partial charge in [0.2, 0.25) is 15.9 Å². The van der Waals surface area contributed by atoms with Crippen molar-refractivity contribution in [3.63, 3.8) is 0 Å². The van der Waals surface area contributed by atoms with Crippen molar-refractivity contribution in [2.45, 2.75) is 48.6 Å². The van der Waals surface area contributed by atoms with E-state index in [2.05, 4.69) is 10.0 Å². The number of hydrogen-bond acceptors (Lipinski definition) is 5. The number of aryl methyl sites for hydroxylation is 1. The van der Waals surface area contributed by atoms with Gasteiger partial charge in [-0.3, -0.25) is 14.5 Å². The number of fused-ring (bicyclic) bond motifs is 2. The SMILES string of the molecule is O=C(CN1C(=O)NC2(CCCc3ccccc32)C1=O)N1CCC(NS(=O)(=O)c2ccccc2)CC1. The number of imide groups is 1. The lowest BCUT2D eigenvalue weighted by Crippen LogP contribution is -2.50. The summed E-state index contributed by atoms with van der Waals surface area (Å²) in [6, 6.07) is 15.0. The summed E-state index contributed by atoms with van der Waals surface area (Å²) in [6.45, 7) is 0.367. The van der Waals surface area contributed by atoms with E-state index in [1.807, 2.05) is 24.3 Å². The Kier molecular flexibility index (Phi) is 6.10. The molecule has 2 aromatic rings. The van der Waals surface area contributed by atoms with Crippen LogP contribution in [0.15, 0.2) is 59.5 Å². The molecule has 2 fully saturated rings. The lowest BCUT2D eigenvalue weighted by atomic mass is 9.76. The zero-order chi connectivity index (χ0) is 24.6. The van der Waals surface area contributed by atoms with Crippen LogP contribution in [0.25, 0.3) is 0 Å². The molecule has 2 N–H and O–H groups in total. The monoisotopic (exact) mass is 496 g/mol. The Morgan fingerprint density at radius 3 is 2.46 bits per heavy atom. The molecule has 5 rings (SSSR count). The normalized spacial score (nSPS) is 22.9. The Bertz CT molecular complexity index is 1260. The summed E-state index contributed by atoms with van der Waals surface area (Å²) in [5, 5.41) is 2.87. The first-order valence-corrected chi connectivity index (χ1v) is 13.4. The third-order valence-electron chi connectivity index (χ3n) is 7.17. The molecule has 1 aliphatic carbocycles. The van der Waals surface area contributed by atoms with Gasteiger partial charge in [0.25, 0.3) is 5.91 Å². The summed E-state index contributed by atoms with van der Waals surface area (Å²) in [4.78, 5) is 42.0. The number of nitrogens with zero attached hydrogens (tertiary/aromatic N) is 2. The van der Waals surface area contributed by atoms with Gasteiger partial charge >= 0.3 is 6.03 Å². The highest BCUT2D eigenvalue weighted by Crippen LogP contribution is 2.39. The number of hydrogen-bond donors (Lipinski definition) is 2. The van der Waals surface area contributed by atoms with Crippen LogP contribution in [-0.4, -0.2) is 61.7 Å². The molecule has 0 saturated carbocycles. The second kappa shape index (κ2) is 9.09. The Labute approximate surface area is 204 Å². The molecule has 2 saturated heterocycles. The van der Waals surface area contributed by atoms with Gasteiger partial charge in [0, 0.05) is 19.1 Å². The van der Waals surface area contributed by atoms with Crippen LogP contribution >= 0.6 is 0 Å². The highest BCUT2D eigenvalue weighted by Gasteiger charge is 2.54. The minimum absolute atomic E-state index is 0.204. The lowest BCUT2D eigenvalue weighted by Gasteiger charge is -2.34. The van der Waals surface area contributed by atoms with Crippen molar-refractivity contribution in [2.24, 2.45) is 0 Å². The first kappa shape index (κ1) is 23.5. The maximum atomic E-state index is 13.4. The molecular weight excluding hydrogens is 468 g/mol. The highest BCUT2D eigenvalue weighted by molar-refractivity contribution is 7.89. The molecular formula is C25H28N4O5S. The maximum Gasteiger partial charge on any atom is 0.325 e. The molecule has 1 atom stereocenters. The smallest absolute Gasteiger partial charge is 0.325 e. The van der Waals surface area contributed by atoms with Crippen LogP contribution in [0.2, 0.25) is 0 Å². The number of amides is 4. The quantitative estimate of drug-likeness (QED) is 0.612. The number of rotatable bonds is 5. The van der Waals surface area contributed by atoms with Gasteiger partial charge in [-0.25, -0.2) is 17.9 Å². The Balaban J connectivity index is 1.21. The third-order valence-corrected chi connectivity index (χ3v) is 8.70. The summed E-state index contributed by atoms with van der Waals surface area (Å²) in [5.41, 5.74) is 0.751. The van der Waals surface area contributed by atoms with Gasteiger partial charge in [-0.2, -0.15) is 0 Å². The zero-order valence-corrected chi connectivity index (χ0v) is 20.1. The van der Waals surface area contributed by atoms with Gasteiger partial charge in [-0.1, -0.05) is 42.5 Å². The molecule has 2 aliphatic heterocycles. The molecule has 0 radical (unpaired) electrons. The maximum absolute atomic E-state index is 13.4. The molecule has 2 aromatic carbocycles. The van der Waals surface area contributed by atoms with Gasteiger partial charge in [-0.15, -0.1) is 0 Å². The van der Waals surface area contributed by atoms with Crippen LogP contribution in [0.4, 0.5) is 4.79 Å². The van der Waals surface area contributed by atoms with Crippen molar-refractivity contribution in [1.29, 1.82) is 0 Å². The summed E-state index contributed by atoms with van der Waals surface area (Å²) >= 11 is 0. The predicted octanol–water partition coefficient (Wildman–Crippen LogP) is 1.74. The van der Waals surface area contributed by atoms with Crippen LogP contribution in [0, 0.1) is 0 Å². The Morgan fingerprint density at radius 1 is 1.03 bits per heavy atom. The van der Waals surface area contributed by atoms with E-state index in [0.717, 1.165) is 28.9 Å². The van der Waals surface area contributed by atoms with Crippen molar-refractivity contribution in [3.8, 4) is 0 Å². The average molecular weight is 497 g/mol. The number of sulfonamides is 1. The largest absolute Gasteiger partial charge is 0.341 e. The molecule has 10 heteroatoms. The van der Waals surface area contributed by atoms with Gasteiger partial charge in [-0.05, 0) is 55.4 Å². The van der Waals surface area contributed by atoms with Gasteiger partial charge in [0.1, 0.15) is 12.1 Å². The lowest BCUT2D eigenvalue weighted by molar-refractivity contribution is -0.140. The van der Waals surface area contributed by atoms with Crippen molar-refractivity contribution in [3.05, 3.63) is 65.7 Å². The summed E-state index contributed by atoms with van der Waals surface area (Å²) in [6.07, 6.45) is 3.04. The minimum atomic E-state index is -3.63. The standard InChI is InChI=1S/C25H28N4O5S/c30-22(28-15-12-19(13-16-28)27-35(33,34)20-9-2-1-3-10-20)17-29-23(31)25(26-24(29)32)14-6-8-18-7-4-5-11-21(18)25/h1-5,7,9-11,19,27H,6,8,12-17H2,(H,26,32). The molecule has 4 amide bonds. The van der Waals surface area contributed by atoms with Crippen LogP contribution in [0.1, 0.15) is 36.8 Å². The zero-order valence-electron chi connectivity index (χ0n) is 19.3. The second-order valence-electron chi connectivity index (χ2n) is 9.33. The highest BCUT2D eigenvalue weighted by atomic mass is 32.2. The van der Waals surface area contributed by atoms with Crippen molar-refractivity contribution < 1.29 is 22.8 Å². The van der Waals surface area contributed by atoms with Crippen LogP contribution in [0.3, 0.4) is 0 Å². The van der Waals surface area contributed by atoms with Crippen LogP contribution < -0.4 is 10.0 Å². The Hall–Kier alpha value is -3.24. The van der Waals surface area contributed by atoms with Gasteiger partial charge in [0.15, 0.2) is 0 Å². The fourth-order valence-corrected chi connectivity index (χ4v) is 6.65. The van der Waals surface area contributed by atoms with Crippen molar-refractivity contribution in [1.82, 2.24) is 19.8 Å². The molecule has 3 aliphatic rings. The fourth-order valence-electron chi connectivity index (χ4n) is 5.32. The van der Waals surface area contributed by atoms with E-state index in [0.29, 0.717) is 32.4 Å². The molecule has 0 bridgehead atoms. The molecule has 184 valence electrons. The Morgan fingerprint density at radius 2 is 1.71 bits per heavy atom. The average Bonchev–Trinajstić information content (AvgIpc) is 3.09. The van der Waals surface area contributed by atoms with Crippen molar-refractivity contribution in [2.75, 3.05) is 19.6 Å². The predicted molar refractivity (Wildman–Crippen MR) is 128 cm³/mol. The second-order valence-corrected chi connectivity index (χ2v) is 11.0. The number of urea groups is 1. The summed E-state index contributed by atoms with van der Waals surface area (Å²) in [7, 11) is -3.63. The van der Waals surface area contributed by atoms with Gasteiger partial charge in [0.05, 0.1) is 4.90 Å². The summed E-state index contributed by atoms with van der Waals surface area (Å²) < 4.78 is 27.9. The van der Waals surface area contributed by atoms with E-state index >= 15 is 0 Å². The topological polar surface area (TPSA) is 116 Å². The number of carbonyl (C=O) groups excluding carboxylic acids is 3. The molecule has 9 nitrogen and oxygen atoms in total. The molecule has 0 aromatic heterocycles. The summed E-state index contributed by atoms with van der Waals surface area (Å²) in [5.74, 6) is -0.701. The van der Waals surface area contributed by atoms with Crippen molar-refractivity contribution >= 4 is 27.9 Å². The number of benzene rings is 2. The first-order chi connectivity index (χ1) is 16.8. The van der Waals surface area contributed by atoms with E-state index in [4.69, 9.17) is 0 Å². The third kappa shape index (κ3) is 4.32. The van der Waals surface area contributed by atoms with E-state index < -0.39 is 21.6 Å². The molecule has 1 unspecified atom stereocenters. The van der Waals surface area contributed by atoms with Gasteiger partial charge < -0.3 is 10.2 Å². The first-order valence-electron chi connectivity index (χ1n) is 11.9. The number of nitrogens with one attached hydrogen (secondary N) is 2. The number of piperidine rings is 1.